The molecule has 0 radical (unpaired) electrons. The largest absolute Gasteiger partial charge is 0.467 e. The van der Waals surface area contributed by atoms with Crippen molar-refractivity contribution in [3.63, 3.8) is 0 Å². The van der Waals surface area contributed by atoms with Crippen molar-refractivity contribution in [2.75, 3.05) is 5.32 Å². The van der Waals surface area contributed by atoms with Crippen LogP contribution in [0.25, 0.3) is 11.4 Å². The number of aromatic nitrogens is 4. The highest BCUT2D eigenvalue weighted by atomic mass is 32.2. The van der Waals surface area contributed by atoms with Gasteiger partial charge in [-0.05, 0) is 73.7 Å². The molecule has 7 nitrogen and oxygen atoms in total. The monoisotopic (exact) mass is 445 g/mol. The van der Waals surface area contributed by atoms with Crippen LogP contribution < -0.4 is 5.32 Å². The summed E-state index contributed by atoms with van der Waals surface area (Å²) in [5.74, 6) is 1.40. The van der Waals surface area contributed by atoms with Gasteiger partial charge in [-0.25, -0.2) is 0 Å². The highest BCUT2D eigenvalue weighted by Crippen LogP contribution is 2.29. The Bertz CT molecular complexity index is 1220. The molecule has 162 valence electrons. The number of aryl methyl sites for hydroxylation is 2. The van der Waals surface area contributed by atoms with Gasteiger partial charge >= 0.3 is 0 Å². The van der Waals surface area contributed by atoms with E-state index in [1.807, 2.05) is 41.8 Å². The zero-order valence-corrected chi connectivity index (χ0v) is 18.5. The van der Waals surface area contributed by atoms with E-state index in [1.54, 1.807) is 18.7 Å². The van der Waals surface area contributed by atoms with Crippen molar-refractivity contribution in [1.82, 2.24) is 19.7 Å². The Morgan fingerprint density at radius 1 is 1.19 bits per heavy atom. The molecule has 1 aromatic carbocycles. The highest BCUT2D eigenvalue weighted by Gasteiger charge is 2.22. The molecule has 0 bridgehead atoms. The van der Waals surface area contributed by atoms with E-state index in [0.717, 1.165) is 29.9 Å². The Labute approximate surface area is 190 Å². The van der Waals surface area contributed by atoms with Crippen LogP contribution in [-0.2, 0) is 24.2 Å². The van der Waals surface area contributed by atoms with E-state index in [4.69, 9.17) is 4.42 Å². The number of thioether (sulfide) groups is 1. The predicted octanol–water partition coefficient (Wildman–Crippen LogP) is 4.59. The smallest absolute Gasteiger partial charge is 0.237 e. The molecule has 0 spiro atoms. The number of benzene rings is 1. The lowest BCUT2D eigenvalue weighted by atomic mass is 10.1. The number of hydrogen-bond donors (Lipinski definition) is 1. The third-order valence-electron chi connectivity index (χ3n) is 5.55. The summed E-state index contributed by atoms with van der Waals surface area (Å²) >= 11 is 1.38. The summed E-state index contributed by atoms with van der Waals surface area (Å²) in [6, 6.07) is 13.8. The molecule has 32 heavy (non-hydrogen) atoms. The molecule has 1 N–H and O–H groups in total. The lowest BCUT2D eigenvalue weighted by molar-refractivity contribution is -0.115. The van der Waals surface area contributed by atoms with Crippen LogP contribution in [0.4, 0.5) is 5.69 Å². The normalized spacial score (nSPS) is 13.7. The third-order valence-corrected chi connectivity index (χ3v) is 6.63. The maximum absolute atomic E-state index is 12.9. The van der Waals surface area contributed by atoms with Crippen molar-refractivity contribution in [1.29, 1.82) is 0 Å². The predicted molar refractivity (Wildman–Crippen MR) is 123 cm³/mol. The van der Waals surface area contributed by atoms with Gasteiger partial charge in [0.25, 0.3) is 0 Å². The number of pyridine rings is 1. The van der Waals surface area contributed by atoms with Crippen LogP contribution in [-0.4, -0.2) is 30.9 Å². The summed E-state index contributed by atoms with van der Waals surface area (Å²) in [5, 5.41) is 12.1. The maximum atomic E-state index is 12.9. The van der Waals surface area contributed by atoms with E-state index in [2.05, 4.69) is 32.6 Å². The Balaban J connectivity index is 1.35. The van der Waals surface area contributed by atoms with Crippen molar-refractivity contribution in [3.05, 3.63) is 78.0 Å². The maximum Gasteiger partial charge on any atom is 0.237 e. The van der Waals surface area contributed by atoms with E-state index in [0.29, 0.717) is 17.5 Å². The zero-order valence-electron chi connectivity index (χ0n) is 17.7. The molecule has 1 unspecified atom stereocenters. The van der Waals surface area contributed by atoms with Crippen LogP contribution in [0.3, 0.4) is 0 Å². The van der Waals surface area contributed by atoms with E-state index in [9.17, 15) is 4.79 Å². The molecular formula is C24H23N5O2S. The molecule has 5 rings (SSSR count). The molecule has 1 aliphatic carbocycles. The second kappa shape index (κ2) is 9.00. The van der Waals surface area contributed by atoms with Crippen LogP contribution in [0.15, 0.2) is 70.7 Å². The molecule has 0 fully saturated rings. The number of hydrogen-bond acceptors (Lipinski definition) is 6. The van der Waals surface area contributed by atoms with Gasteiger partial charge < -0.3 is 9.73 Å². The molecule has 1 atom stereocenters. The van der Waals surface area contributed by atoms with E-state index < -0.39 is 0 Å². The number of nitrogens with one attached hydrogen (secondary N) is 1. The van der Waals surface area contributed by atoms with Gasteiger partial charge in [-0.3, -0.25) is 14.3 Å². The van der Waals surface area contributed by atoms with Crippen LogP contribution in [0.1, 0.15) is 30.2 Å². The van der Waals surface area contributed by atoms with Gasteiger partial charge in [0.2, 0.25) is 5.91 Å². The second-order valence-corrected chi connectivity index (χ2v) is 9.11. The van der Waals surface area contributed by atoms with E-state index in [-0.39, 0.29) is 11.2 Å². The van der Waals surface area contributed by atoms with Crippen molar-refractivity contribution < 1.29 is 9.21 Å². The van der Waals surface area contributed by atoms with Gasteiger partial charge in [0, 0.05) is 23.6 Å². The summed E-state index contributed by atoms with van der Waals surface area (Å²) in [6.07, 6.45) is 8.50. The summed E-state index contributed by atoms with van der Waals surface area (Å²) < 4.78 is 7.50. The minimum Gasteiger partial charge on any atom is -0.467 e. The number of rotatable bonds is 7. The molecule has 0 aliphatic heterocycles. The van der Waals surface area contributed by atoms with Crippen molar-refractivity contribution in [3.8, 4) is 11.4 Å². The molecule has 3 aromatic heterocycles. The number of amides is 1. The SMILES string of the molecule is CC(Sc1nnc(-c2cccnc2)n1Cc1ccco1)C(=O)Nc1ccc2c(c1)CCC2. The molecule has 1 amide bonds. The minimum absolute atomic E-state index is 0.0663. The van der Waals surface area contributed by atoms with Crippen molar-refractivity contribution >= 4 is 23.4 Å². The molecule has 4 aromatic rings. The topological polar surface area (TPSA) is 85.8 Å². The van der Waals surface area contributed by atoms with Gasteiger partial charge in [0.05, 0.1) is 18.1 Å². The standard InChI is InChI=1S/C24H23N5O2S/c1-16(23(30)26-20-10-9-17-5-2-6-18(17)13-20)32-24-28-27-22(19-7-3-11-25-14-19)29(24)15-21-8-4-12-31-21/h3-4,7-14,16H,2,5-6,15H2,1H3,(H,26,30). The first-order valence-corrected chi connectivity index (χ1v) is 11.5. The quantitative estimate of drug-likeness (QED) is 0.419. The molecule has 3 heterocycles. The average molecular weight is 446 g/mol. The Morgan fingerprint density at radius 3 is 2.91 bits per heavy atom. The number of carbonyl (C=O) groups is 1. The number of fused-ring (bicyclic) bond motifs is 1. The van der Waals surface area contributed by atoms with Gasteiger partial charge in [0.1, 0.15) is 5.76 Å². The molecule has 0 saturated heterocycles. The highest BCUT2D eigenvalue weighted by molar-refractivity contribution is 8.00. The molecule has 8 heteroatoms. The zero-order chi connectivity index (χ0) is 21.9. The Kier molecular flexibility index (Phi) is 5.77. The van der Waals surface area contributed by atoms with Gasteiger partial charge in [0.15, 0.2) is 11.0 Å². The van der Waals surface area contributed by atoms with Gasteiger partial charge in [-0.2, -0.15) is 0 Å². The summed E-state index contributed by atoms with van der Waals surface area (Å²) in [6.45, 7) is 2.34. The first-order chi connectivity index (χ1) is 15.7. The molecule has 1 aliphatic rings. The van der Waals surface area contributed by atoms with Crippen LogP contribution in [0, 0.1) is 0 Å². The van der Waals surface area contributed by atoms with Crippen LogP contribution in [0.2, 0.25) is 0 Å². The average Bonchev–Trinajstić information content (AvgIpc) is 3.56. The van der Waals surface area contributed by atoms with Gasteiger partial charge in [-0.1, -0.05) is 17.8 Å². The molecule has 0 saturated carbocycles. The fourth-order valence-electron chi connectivity index (χ4n) is 3.89. The Hall–Kier alpha value is -3.39. The molecular weight excluding hydrogens is 422 g/mol. The lowest BCUT2D eigenvalue weighted by Crippen LogP contribution is -2.23. The van der Waals surface area contributed by atoms with Gasteiger partial charge in [-0.15, -0.1) is 10.2 Å². The van der Waals surface area contributed by atoms with Crippen molar-refractivity contribution in [2.24, 2.45) is 0 Å². The summed E-state index contributed by atoms with van der Waals surface area (Å²) in [7, 11) is 0. The fourth-order valence-corrected chi connectivity index (χ4v) is 4.74. The fraction of sp³-hybridized carbons (Fsp3) is 0.250. The first-order valence-electron chi connectivity index (χ1n) is 10.6. The lowest BCUT2D eigenvalue weighted by Gasteiger charge is -2.14. The van der Waals surface area contributed by atoms with Crippen molar-refractivity contribution in [2.45, 2.75) is 43.1 Å². The Morgan fingerprint density at radius 2 is 2.09 bits per heavy atom. The van der Waals surface area contributed by atoms with Crippen LogP contribution in [0.5, 0.6) is 0 Å². The first kappa shape index (κ1) is 20.5. The number of furan rings is 1. The number of anilines is 1. The minimum atomic E-state index is -0.357. The number of nitrogens with zero attached hydrogens (tertiary/aromatic N) is 4. The van der Waals surface area contributed by atoms with E-state index >= 15 is 0 Å². The van der Waals surface area contributed by atoms with Crippen LogP contribution >= 0.6 is 11.8 Å². The summed E-state index contributed by atoms with van der Waals surface area (Å²) in [4.78, 5) is 17.1. The summed E-state index contributed by atoms with van der Waals surface area (Å²) in [5.41, 5.74) is 4.42. The number of carbonyl (C=O) groups excluding carboxylic acids is 1. The third kappa shape index (κ3) is 4.31. The van der Waals surface area contributed by atoms with E-state index in [1.165, 1.54) is 29.3 Å². The second-order valence-electron chi connectivity index (χ2n) is 7.80.